The van der Waals surface area contributed by atoms with Crippen molar-refractivity contribution in [1.29, 1.82) is 0 Å². The van der Waals surface area contributed by atoms with Crippen molar-refractivity contribution >= 4 is 11.6 Å². The van der Waals surface area contributed by atoms with Crippen LogP contribution in [0.5, 0.6) is 0 Å². The second kappa shape index (κ2) is 6.37. The molecule has 21 heavy (non-hydrogen) atoms. The number of rotatable bonds is 4. The summed E-state index contributed by atoms with van der Waals surface area (Å²) in [6, 6.07) is 3.21. The Morgan fingerprint density at radius 1 is 1.29 bits per heavy atom. The van der Waals surface area contributed by atoms with Crippen molar-refractivity contribution < 1.29 is 18.0 Å². The van der Waals surface area contributed by atoms with E-state index in [4.69, 9.17) is 5.73 Å². The van der Waals surface area contributed by atoms with Gasteiger partial charge in [0, 0.05) is 24.3 Å². The first-order chi connectivity index (χ1) is 9.54. The fourth-order valence-electron chi connectivity index (χ4n) is 2.18. The minimum Gasteiger partial charge on any atom is -0.398 e. The highest BCUT2D eigenvalue weighted by atomic mass is 19.4. The van der Waals surface area contributed by atoms with E-state index in [9.17, 15) is 18.0 Å². The summed E-state index contributed by atoms with van der Waals surface area (Å²) < 4.78 is 38.5. The van der Waals surface area contributed by atoms with Crippen molar-refractivity contribution in [2.75, 3.05) is 12.8 Å². The molecule has 0 heterocycles. The highest BCUT2D eigenvalue weighted by Crippen LogP contribution is 2.34. The average molecular weight is 302 g/mol. The van der Waals surface area contributed by atoms with E-state index in [1.165, 1.54) is 11.0 Å². The summed E-state index contributed by atoms with van der Waals surface area (Å²) in [5.41, 5.74) is 3.98. The summed E-state index contributed by atoms with van der Waals surface area (Å²) in [5.74, 6) is -0.0407. The number of nitrogens with two attached hydrogens (primary N) is 1. The van der Waals surface area contributed by atoms with Crippen LogP contribution in [0.4, 0.5) is 18.9 Å². The normalized spacial score (nSPS) is 13.3. The minimum atomic E-state index is -4.57. The Labute approximate surface area is 122 Å². The van der Waals surface area contributed by atoms with E-state index in [-0.39, 0.29) is 17.3 Å². The smallest absolute Gasteiger partial charge is 0.398 e. The monoisotopic (exact) mass is 302 g/mol. The molecule has 0 aromatic heterocycles. The Balaban J connectivity index is 3.03. The molecule has 118 valence electrons. The van der Waals surface area contributed by atoms with Gasteiger partial charge in [0.15, 0.2) is 0 Å². The Bertz CT molecular complexity index is 512. The first kappa shape index (κ1) is 17.3. The maximum absolute atomic E-state index is 12.8. The summed E-state index contributed by atoms with van der Waals surface area (Å²) in [5, 5.41) is 0. The lowest BCUT2D eigenvalue weighted by Crippen LogP contribution is -2.36. The molecular formula is C15H21F3N2O. The van der Waals surface area contributed by atoms with Gasteiger partial charge in [-0.1, -0.05) is 13.8 Å². The van der Waals surface area contributed by atoms with E-state index in [0.29, 0.717) is 5.92 Å². The molecule has 1 atom stereocenters. The second-order valence-corrected chi connectivity index (χ2v) is 5.69. The summed E-state index contributed by atoms with van der Waals surface area (Å²) in [6.07, 6.45) is -3.79. The van der Waals surface area contributed by atoms with Gasteiger partial charge in [-0.2, -0.15) is 13.2 Å². The molecule has 1 rings (SSSR count). The Kier molecular flexibility index (Phi) is 5.25. The molecule has 1 amide bonds. The molecule has 0 radical (unpaired) electrons. The maximum Gasteiger partial charge on any atom is 0.418 e. The van der Waals surface area contributed by atoms with Gasteiger partial charge in [0.05, 0.1) is 5.56 Å². The summed E-state index contributed by atoms with van der Waals surface area (Å²) in [4.78, 5) is 13.7. The van der Waals surface area contributed by atoms with Gasteiger partial charge in [-0.15, -0.1) is 0 Å². The zero-order chi connectivity index (χ0) is 16.4. The Hall–Kier alpha value is -1.72. The lowest BCUT2D eigenvalue weighted by Gasteiger charge is -2.26. The van der Waals surface area contributed by atoms with E-state index < -0.39 is 17.6 Å². The van der Waals surface area contributed by atoms with Crippen molar-refractivity contribution in [3.05, 3.63) is 29.3 Å². The standard InChI is InChI=1S/C15H21F3N2O/c1-9(2)7-10(3)20(4)14(21)11-5-6-13(19)12(8-11)15(16,17)18/h5-6,8-10H,7,19H2,1-4H3. The molecule has 1 aromatic carbocycles. The predicted octanol–water partition coefficient (Wildman–Crippen LogP) is 3.79. The number of alkyl halides is 3. The molecule has 6 heteroatoms. The zero-order valence-corrected chi connectivity index (χ0v) is 12.7. The third-order valence-corrected chi connectivity index (χ3v) is 3.40. The number of halogens is 3. The van der Waals surface area contributed by atoms with Crippen LogP contribution in [-0.2, 0) is 6.18 Å². The van der Waals surface area contributed by atoms with Crippen LogP contribution in [0.15, 0.2) is 18.2 Å². The number of benzene rings is 1. The van der Waals surface area contributed by atoms with E-state index in [1.807, 2.05) is 20.8 Å². The van der Waals surface area contributed by atoms with Gasteiger partial charge in [0.1, 0.15) is 0 Å². The Morgan fingerprint density at radius 3 is 2.33 bits per heavy atom. The Morgan fingerprint density at radius 2 is 1.86 bits per heavy atom. The molecule has 3 nitrogen and oxygen atoms in total. The number of amides is 1. The van der Waals surface area contributed by atoms with Gasteiger partial charge in [0.2, 0.25) is 0 Å². The fraction of sp³-hybridized carbons (Fsp3) is 0.533. The first-order valence-electron chi connectivity index (χ1n) is 6.78. The molecule has 0 saturated carbocycles. The van der Waals surface area contributed by atoms with Crippen molar-refractivity contribution in [1.82, 2.24) is 4.90 Å². The number of nitrogens with zero attached hydrogens (tertiary/aromatic N) is 1. The van der Waals surface area contributed by atoms with Crippen LogP contribution in [0, 0.1) is 5.92 Å². The first-order valence-corrected chi connectivity index (χ1v) is 6.78. The quantitative estimate of drug-likeness (QED) is 0.860. The molecule has 0 saturated heterocycles. The molecule has 0 aliphatic heterocycles. The SMILES string of the molecule is CC(C)CC(C)N(C)C(=O)c1ccc(N)c(C(F)(F)F)c1. The number of hydrogen-bond donors (Lipinski definition) is 1. The maximum atomic E-state index is 12.8. The van der Waals surface area contributed by atoms with Crippen LogP contribution < -0.4 is 5.73 Å². The summed E-state index contributed by atoms with van der Waals surface area (Å²) >= 11 is 0. The van der Waals surface area contributed by atoms with Crippen molar-refractivity contribution in [2.24, 2.45) is 5.92 Å². The lowest BCUT2D eigenvalue weighted by molar-refractivity contribution is -0.136. The molecule has 0 aliphatic carbocycles. The van der Waals surface area contributed by atoms with Crippen molar-refractivity contribution in [3.8, 4) is 0 Å². The number of carbonyl (C=O) groups is 1. The topological polar surface area (TPSA) is 46.3 Å². The van der Waals surface area contributed by atoms with E-state index in [2.05, 4.69) is 0 Å². The fourth-order valence-corrected chi connectivity index (χ4v) is 2.18. The lowest BCUT2D eigenvalue weighted by atomic mass is 10.0. The van der Waals surface area contributed by atoms with Crippen LogP contribution in [0.3, 0.4) is 0 Å². The predicted molar refractivity (Wildman–Crippen MR) is 76.9 cm³/mol. The van der Waals surface area contributed by atoms with Crippen molar-refractivity contribution in [2.45, 2.75) is 39.4 Å². The molecule has 0 bridgehead atoms. The minimum absolute atomic E-state index is 0.00497. The van der Waals surface area contributed by atoms with Gasteiger partial charge in [-0.05, 0) is 37.5 Å². The number of anilines is 1. The molecule has 1 aromatic rings. The van der Waals surface area contributed by atoms with E-state index in [0.717, 1.165) is 18.6 Å². The summed E-state index contributed by atoms with van der Waals surface area (Å²) in [6.45, 7) is 5.93. The molecule has 1 unspecified atom stereocenters. The highest BCUT2D eigenvalue weighted by Gasteiger charge is 2.34. The van der Waals surface area contributed by atoms with Crippen molar-refractivity contribution in [3.63, 3.8) is 0 Å². The van der Waals surface area contributed by atoms with Crippen LogP contribution in [0.25, 0.3) is 0 Å². The molecule has 0 aliphatic rings. The summed E-state index contributed by atoms with van der Waals surface area (Å²) in [7, 11) is 1.60. The van der Waals surface area contributed by atoms with E-state index in [1.54, 1.807) is 7.05 Å². The highest BCUT2D eigenvalue weighted by molar-refractivity contribution is 5.95. The number of nitrogen functional groups attached to an aromatic ring is 1. The second-order valence-electron chi connectivity index (χ2n) is 5.69. The van der Waals surface area contributed by atoms with Crippen LogP contribution >= 0.6 is 0 Å². The largest absolute Gasteiger partial charge is 0.418 e. The van der Waals surface area contributed by atoms with Crippen LogP contribution in [0.2, 0.25) is 0 Å². The molecule has 2 N–H and O–H groups in total. The van der Waals surface area contributed by atoms with Gasteiger partial charge >= 0.3 is 6.18 Å². The van der Waals surface area contributed by atoms with Gasteiger partial charge in [0.25, 0.3) is 5.91 Å². The van der Waals surface area contributed by atoms with Gasteiger partial charge in [-0.3, -0.25) is 4.79 Å². The zero-order valence-electron chi connectivity index (χ0n) is 12.7. The number of hydrogen-bond acceptors (Lipinski definition) is 2. The third-order valence-electron chi connectivity index (χ3n) is 3.40. The number of carbonyl (C=O) groups excluding carboxylic acids is 1. The average Bonchev–Trinajstić information content (AvgIpc) is 2.35. The van der Waals surface area contributed by atoms with Gasteiger partial charge < -0.3 is 10.6 Å². The van der Waals surface area contributed by atoms with E-state index >= 15 is 0 Å². The van der Waals surface area contributed by atoms with Gasteiger partial charge in [-0.25, -0.2) is 0 Å². The van der Waals surface area contributed by atoms with Crippen LogP contribution in [-0.4, -0.2) is 23.9 Å². The van der Waals surface area contributed by atoms with Crippen LogP contribution in [0.1, 0.15) is 43.1 Å². The molecule has 0 spiro atoms. The molecular weight excluding hydrogens is 281 g/mol. The molecule has 0 fully saturated rings. The third kappa shape index (κ3) is 4.37.